The van der Waals surface area contributed by atoms with Gasteiger partial charge in [0, 0.05) is 43.2 Å². The number of likely N-dealkylation sites (tertiary alicyclic amines) is 2. The normalized spacial score (nSPS) is 25.7. The zero-order chi connectivity index (χ0) is 54.7. The maximum absolute atomic E-state index is 16.9. The molecule has 6 aliphatic rings. The largest absolute Gasteiger partial charge is 0.436 e. The minimum Gasteiger partial charge on any atom is -0.436 e. The fraction of sp³-hybridized carbons (Fsp3) is 0.508. The average molecular weight is 1080 g/mol. The van der Waals surface area contributed by atoms with Crippen LogP contribution in [0.2, 0.25) is 0 Å². The molecule has 79 heavy (non-hydrogen) atoms. The van der Waals surface area contributed by atoms with Crippen molar-refractivity contribution in [2.45, 2.75) is 152 Å². The lowest BCUT2D eigenvalue weighted by atomic mass is 9.75. The number of carbonyl (C=O) groups is 4. The van der Waals surface area contributed by atoms with Crippen LogP contribution >= 0.6 is 0 Å². The highest BCUT2D eigenvalue weighted by atomic mass is 19.1. The quantitative estimate of drug-likeness (QED) is 0.0860. The summed E-state index contributed by atoms with van der Waals surface area (Å²) >= 11 is 0. The highest BCUT2D eigenvalue weighted by Crippen LogP contribution is 2.51. The van der Waals surface area contributed by atoms with Crippen LogP contribution in [-0.4, -0.2) is 92.1 Å². The molecule has 12 rings (SSSR count). The number of aromatic nitrogens is 4. The average Bonchev–Trinajstić information content (AvgIpc) is 4.34. The van der Waals surface area contributed by atoms with Gasteiger partial charge in [-0.3, -0.25) is 9.59 Å². The maximum atomic E-state index is 16.9. The van der Waals surface area contributed by atoms with Crippen LogP contribution < -0.4 is 21.3 Å². The molecule has 4 amide bonds. The number of carbonyl (C=O) groups excluding carboxylic acids is 4. The molecule has 4 aromatic carbocycles. The molecular weight excluding hydrogens is 1010 g/mol. The summed E-state index contributed by atoms with van der Waals surface area (Å²) in [7, 11) is 0. The number of amides is 4. The standard InChI is InChI=1S/C61H72F2N10O6/c1-35-11-8-26-61(35,2)54(79-60(65)77)58(75)72-28-10-17-51(72)56-67-45-21-19-40(32-47(45)69-56)49-23-22-48(73(49)41-33-42(62)52(43(63)34-41)70-29-24-37(25-30-70)36-12-4-3-5-13-36)39-18-20-44-46(31-39)68-55(66-44)50-16-9-27-71(50)57(74)53(78-59(64)76)38-14-6-7-15-38/h3-5,12-13,18-21,31-35,37-38,48-51,53-54H,6-11,14-17,22-30H2,1-2H3,(H2,64,76)(H2,65,77)(H,66,68)(H,67,69)/t35-,48+,49+,50-,51?,53-,54+,61?/m0/s1. The number of aromatic amines is 2. The molecule has 4 aliphatic heterocycles. The van der Waals surface area contributed by atoms with Crippen molar-refractivity contribution in [3.05, 3.63) is 119 Å². The number of rotatable bonds is 13. The number of H-pyrrole nitrogens is 2. The third-order valence-electron chi connectivity index (χ3n) is 19.1. The van der Waals surface area contributed by atoms with E-state index in [1.807, 2.05) is 54.3 Å². The Balaban J connectivity index is 0.855. The van der Waals surface area contributed by atoms with Gasteiger partial charge in [0.15, 0.2) is 23.8 Å². The fourth-order valence-corrected chi connectivity index (χ4v) is 14.8. The van der Waals surface area contributed by atoms with Gasteiger partial charge >= 0.3 is 12.2 Å². The molecule has 6 fully saturated rings. The molecule has 6 aromatic rings. The lowest BCUT2D eigenvalue weighted by Crippen LogP contribution is -2.51. The molecule has 0 spiro atoms. The number of ether oxygens (including phenoxy) is 2. The number of fused-ring (bicyclic) bond motifs is 2. The van der Waals surface area contributed by atoms with Crippen molar-refractivity contribution in [2.75, 3.05) is 36.0 Å². The van der Waals surface area contributed by atoms with Crippen molar-refractivity contribution < 1.29 is 37.4 Å². The van der Waals surface area contributed by atoms with E-state index in [4.69, 9.17) is 30.9 Å². The van der Waals surface area contributed by atoms with Gasteiger partial charge in [0.1, 0.15) is 17.3 Å². The van der Waals surface area contributed by atoms with Crippen LogP contribution in [0, 0.1) is 28.9 Å². The smallest absolute Gasteiger partial charge is 0.405 e. The Hall–Kier alpha value is -7.24. The Kier molecular flexibility index (Phi) is 14.2. The summed E-state index contributed by atoms with van der Waals surface area (Å²) in [4.78, 5) is 77.7. The third-order valence-corrected chi connectivity index (χ3v) is 19.1. The van der Waals surface area contributed by atoms with Crippen molar-refractivity contribution in [1.29, 1.82) is 0 Å². The molecule has 416 valence electrons. The van der Waals surface area contributed by atoms with E-state index in [2.05, 4.69) is 46.1 Å². The fourth-order valence-electron chi connectivity index (χ4n) is 14.8. The number of halogens is 2. The first-order valence-electron chi connectivity index (χ1n) is 28.8. The van der Waals surface area contributed by atoms with Crippen molar-refractivity contribution >= 4 is 57.4 Å². The molecule has 18 heteroatoms. The first kappa shape index (κ1) is 52.5. The number of hydrogen-bond donors (Lipinski definition) is 4. The molecule has 2 unspecified atom stereocenters. The van der Waals surface area contributed by atoms with Crippen molar-refractivity contribution in [3.63, 3.8) is 0 Å². The maximum Gasteiger partial charge on any atom is 0.405 e. The summed E-state index contributed by atoms with van der Waals surface area (Å²) in [5.41, 5.74) is 17.1. The number of anilines is 2. The molecule has 8 atom stereocenters. The second kappa shape index (κ2) is 21.4. The number of primary amides is 2. The molecule has 2 saturated carbocycles. The number of piperidine rings is 1. The topological polar surface area (TPSA) is 209 Å². The molecule has 6 N–H and O–H groups in total. The van der Waals surface area contributed by atoms with Crippen molar-refractivity contribution in [2.24, 2.45) is 28.7 Å². The summed E-state index contributed by atoms with van der Waals surface area (Å²) in [5.74, 6) is -0.0292. The molecule has 0 bridgehead atoms. The van der Waals surface area contributed by atoms with E-state index in [0.29, 0.717) is 75.1 Å². The zero-order valence-corrected chi connectivity index (χ0v) is 45.2. The molecular formula is C61H72F2N10O6. The lowest BCUT2D eigenvalue weighted by Gasteiger charge is -2.38. The molecule has 6 heterocycles. The predicted octanol–water partition coefficient (Wildman–Crippen LogP) is 11.5. The van der Waals surface area contributed by atoms with Gasteiger partial charge in [-0.1, -0.05) is 82.0 Å². The van der Waals surface area contributed by atoms with Gasteiger partial charge in [-0.05, 0) is 136 Å². The van der Waals surface area contributed by atoms with E-state index < -0.39 is 41.4 Å². The molecule has 0 radical (unpaired) electrons. The Morgan fingerprint density at radius 2 is 1.18 bits per heavy atom. The van der Waals surface area contributed by atoms with Crippen LogP contribution in [-0.2, 0) is 19.1 Å². The second-order valence-electron chi connectivity index (χ2n) is 23.6. The summed E-state index contributed by atoms with van der Waals surface area (Å²) < 4.78 is 45.0. The Morgan fingerprint density at radius 1 is 0.620 bits per heavy atom. The summed E-state index contributed by atoms with van der Waals surface area (Å²) in [6.45, 7) is 6.18. The van der Waals surface area contributed by atoms with Crippen molar-refractivity contribution in [1.82, 2.24) is 29.7 Å². The molecule has 2 aliphatic carbocycles. The van der Waals surface area contributed by atoms with Gasteiger partial charge < -0.3 is 50.5 Å². The second-order valence-corrected chi connectivity index (χ2v) is 23.6. The Labute approximate surface area is 458 Å². The van der Waals surface area contributed by atoms with E-state index in [1.54, 1.807) is 9.80 Å². The van der Waals surface area contributed by atoms with E-state index in [-0.39, 0.29) is 53.5 Å². The number of imidazole rings is 2. The van der Waals surface area contributed by atoms with Crippen LogP contribution in [0.1, 0.15) is 169 Å². The van der Waals surface area contributed by atoms with Gasteiger partial charge in [0.2, 0.25) is 0 Å². The number of benzene rings is 4. The SMILES string of the molecule is C[C@H]1CCCC1(C)[C@H](OC(N)=O)C(=O)N1CCCC1c1nc2ccc([C@H]3CC[C@H](c4ccc5nc([C@@H]6CCCN6C(=O)[C@@H](OC(N)=O)C6CCCC6)[nH]c5c4)N3c3cc(F)c(N4CCC(c5ccccc5)CC4)c(F)c3)cc2[nH]1. The minimum absolute atomic E-state index is 0.00521. The van der Waals surface area contributed by atoms with Crippen LogP contribution in [0.25, 0.3) is 22.1 Å². The minimum atomic E-state index is -1.01. The van der Waals surface area contributed by atoms with Crippen LogP contribution in [0.5, 0.6) is 0 Å². The Bertz CT molecular complexity index is 3240. The van der Waals surface area contributed by atoms with Gasteiger partial charge in [-0.25, -0.2) is 28.3 Å². The zero-order valence-electron chi connectivity index (χ0n) is 45.2. The number of hydrogen-bond acceptors (Lipinski definition) is 10. The van der Waals surface area contributed by atoms with E-state index in [0.717, 1.165) is 104 Å². The van der Waals surface area contributed by atoms with Gasteiger partial charge in [0.05, 0.1) is 46.2 Å². The van der Waals surface area contributed by atoms with Crippen molar-refractivity contribution in [3.8, 4) is 0 Å². The summed E-state index contributed by atoms with van der Waals surface area (Å²) in [6, 6.07) is 24.1. The third kappa shape index (κ3) is 9.91. The highest BCUT2D eigenvalue weighted by Gasteiger charge is 2.51. The number of nitrogens with one attached hydrogen (secondary N) is 2. The number of nitrogens with zero attached hydrogens (tertiary/aromatic N) is 6. The Morgan fingerprint density at radius 3 is 1.71 bits per heavy atom. The van der Waals surface area contributed by atoms with Crippen LogP contribution in [0.3, 0.4) is 0 Å². The summed E-state index contributed by atoms with van der Waals surface area (Å²) in [6.07, 6.45) is 8.08. The van der Waals surface area contributed by atoms with E-state index in [9.17, 15) is 19.2 Å². The molecule has 2 aromatic heterocycles. The van der Waals surface area contributed by atoms with Crippen LogP contribution in [0.15, 0.2) is 78.9 Å². The van der Waals surface area contributed by atoms with Gasteiger partial charge in [-0.15, -0.1) is 0 Å². The first-order valence-corrected chi connectivity index (χ1v) is 28.8. The van der Waals surface area contributed by atoms with Gasteiger partial charge in [-0.2, -0.15) is 0 Å². The number of nitrogens with two attached hydrogens (primary N) is 2. The summed E-state index contributed by atoms with van der Waals surface area (Å²) in [5, 5.41) is 0. The first-order chi connectivity index (χ1) is 38.2. The monoisotopic (exact) mass is 1080 g/mol. The lowest BCUT2D eigenvalue weighted by molar-refractivity contribution is -0.150. The van der Waals surface area contributed by atoms with E-state index >= 15 is 8.78 Å². The van der Waals surface area contributed by atoms with Gasteiger partial charge in [0.25, 0.3) is 11.8 Å². The predicted molar refractivity (Wildman–Crippen MR) is 296 cm³/mol. The highest BCUT2D eigenvalue weighted by molar-refractivity contribution is 5.86. The molecule has 4 saturated heterocycles. The molecule has 16 nitrogen and oxygen atoms in total. The van der Waals surface area contributed by atoms with E-state index in [1.165, 1.54) is 17.7 Å². The van der Waals surface area contributed by atoms with Crippen LogP contribution in [0.4, 0.5) is 29.7 Å².